The van der Waals surface area contributed by atoms with Gasteiger partial charge in [0.25, 0.3) is 5.91 Å². The van der Waals surface area contributed by atoms with E-state index in [1.54, 1.807) is 29.2 Å². The van der Waals surface area contributed by atoms with Crippen LogP contribution in [0.25, 0.3) is 11.4 Å². The lowest BCUT2D eigenvalue weighted by Gasteiger charge is -2.39. The number of carbonyl (C=O) groups is 2. The summed E-state index contributed by atoms with van der Waals surface area (Å²) in [5.41, 5.74) is 10.8. The molecule has 3 aromatic rings. The van der Waals surface area contributed by atoms with Crippen LogP contribution in [0.5, 0.6) is 11.5 Å². The average molecular weight is 500 g/mol. The first-order valence-corrected chi connectivity index (χ1v) is 10.9. The van der Waals surface area contributed by atoms with Crippen LogP contribution in [0, 0.1) is 0 Å². The Balaban J connectivity index is 1.60. The van der Waals surface area contributed by atoms with Gasteiger partial charge in [0.05, 0.1) is 5.56 Å². The largest absolute Gasteiger partial charge is 0.457 e. The van der Waals surface area contributed by atoms with Crippen molar-refractivity contribution in [2.75, 3.05) is 31.6 Å². The van der Waals surface area contributed by atoms with Gasteiger partial charge in [-0.2, -0.15) is 13.2 Å². The highest BCUT2D eigenvalue weighted by Gasteiger charge is 2.32. The molecule has 2 amide bonds. The van der Waals surface area contributed by atoms with E-state index in [-0.39, 0.29) is 17.3 Å². The van der Waals surface area contributed by atoms with Gasteiger partial charge in [0, 0.05) is 31.3 Å². The summed E-state index contributed by atoms with van der Waals surface area (Å²) in [5.74, 6) is -0.130. The second-order valence-corrected chi connectivity index (χ2v) is 8.32. The SMILES string of the molecule is CN1CCN(c2cc(C(N)=O)nc(-c3ccc(Oc4ccc(C(F)(F)F)cc4)cc3)n2)C(C(N)=O)C1. The van der Waals surface area contributed by atoms with E-state index in [0.29, 0.717) is 36.8 Å². The molecule has 4 rings (SSSR count). The van der Waals surface area contributed by atoms with E-state index in [2.05, 4.69) is 9.97 Å². The van der Waals surface area contributed by atoms with Crippen LogP contribution in [0.1, 0.15) is 16.1 Å². The number of nitrogens with two attached hydrogens (primary N) is 2. The lowest BCUT2D eigenvalue weighted by molar-refractivity contribution is -0.137. The van der Waals surface area contributed by atoms with Crippen LogP contribution in [0.4, 0.5) is 19.0 Å². The van der Waals surface area contributed by atoms with Crippen molar-refractivity contribution in [2.24, 2.45) is 11.5 Å². The molecular formula is C24H23F3N6O3. The Hall–Kier alpha value is -4.19. The molecule has 9 nitrogen and oxygen atoms in total. The number of primary amides is 2. The Bertz CT molecular complexity index is 1270. The van der Waals surface area contributed by atoms with Crippen molar-refractivity contribution in [2.45, 2.75) is 12.2 Å². The fourth-order valence-corrected chi connectivity index (χ4v) is 3.79. The average Bonchev–Trinajstić information content (AvgIpc) is 2.84. The summed E-state index contributed by atoms with van der Waals surface area (Å²) in [5, 5.41) is 0. The number of rotatable bonds is 6. The molecule has 0 aliphatic carbocycles. The summed E-state index contributed by atoms with van der Waals surface area (Å²) in [7, 11) is 1.88. The van der Waals surface area contributed by atoms with Crippen LogP contribution in [-0.4, -0.2) is 59.4 Å². The van der Waals surface area contributed by atoms with Crippen molar-refractivity contribution in [3.8, 4) is 22.9 Å². The number of amides is 2. The number of anilines is 1. The van der Waals surface area contributed by atoms with Gasteiger partial charge in [-0.25, -0.2) is 9.97 Å². The van der Waals surface area contributed by atoms with Gasteiger partial charge in [0.2, 0.25) is 5.91 Å². The van der Waals surface area contributed by atoms with Gasteiger partial charge in [0.1, 0.15) is 29.1 Å². The van der Waals surface area contributed by atoms with Gasteiger partial charge in [-0.3, -0.25) is 9.59 Å². The zero-order chi connectivity index (χ0) is 26.0. The molecule has 36 heavy (non-hydrogen) atoms. The number of carbonyl (C=O) groups excluding carboxylic acids is 2. The van der Waals surface area contributed by atoms with Crippen LogP contribution in [0.15, 0.2) is 54.6 Å². The van der Waals surface area contributed by atoms with E-state index in [0.717, 1.165) is 12.1 Å². The second-order valence-electron chi connectivity index (χ2n) is 8.32. The number of nitrogens with zero attached hydrogens (tertiary/aromatic N) is 4. The molecule has 1 aliphatic heterocycles. The summed E-state index contributed by atoms with van der Waals surface area (Å²) >= 11 is 0. The Kier molecular flexibility index (Phi) is 6.80. The zero-order valence-corrected chi connectivity index (χ0v) is 19.2. The molecule has 188 valence electrons. The van der Waals surface area contributed by atoms with Crippen LogP contribution in [-0.2, 0) is 11.0 Å². The molecular weight excluding hydrogens is 477 g/mol. The molecule has 1 aromatic heterocycles. The highest BCUT2D eigenvalue weighted by atomic mass is 19.4. The minimum absolute atomic E-state index is 0.0257. The molecule has 4 N–H and O–H groups in total. The third kappa shape index (κ3) is 5.54. The topological polar surface area (TPSA) is 128 Å². The molecule has 2 aromatic carbocycles. The normalized spacial score (nSPS) is 16.6. The number of piperazine rings is 1. The molecule has 0 bridgehead atoms. The Morgan fingerprint density at radius 1 is 0.972 bits per heavy atom. The van der Waals surface area contributed by atoms with E-state index >= 15 is 0 Å². The standard InChI is InChI=1S/C24H23F3N6O3/c1-32-10-11-33(19(13-32)22(29)35)20-12-18(21(28)34)30-23(31-20)14-2-6-16(7-3-14)36-17-8-4-15(5-9-17)24(25,26)27/h2-9,12,19H,10-11,13H2,1H3,(H2,28,34)(H2,29,35). The van der Waals surface area contributed by atoms with E-state index in [1.807, 2.05) is 11.9 Å². The van der Waals surface area contributed by atoms with Crippen molar-refractivity contribution >= 4 is 17.6 Å². The number of alkyl halides is 3. The molecule has 1 atom stereocenters. The number of halogens is 3. The summed E-state index contributed by atoms with van der Waals surface area (Å²) in [6, 6.07) is 11.6. The molecule has 0 saturated carbocycles. The molecule has 0 spiro atoms. The van der Waals surface area contributed by atoms with Gasteiger partial charge in [-0.1, -0.05) is 0 Å². The molecule has 12 heteroatoms. The van der Waals surface area contributed by atoms with Gasteiger partial charge >= 0.3 is 6.18 Å². The van der Waals surface area contributed by atoms with Crippen molar-refractivity contribution < 1.29 is 27.5 Å². The lowest BCUT2D eigenvalue weighted by Crippen LogP contribution is -2.57. The number of benzene rings is 2. The van der Waals surface area contributed by atoms with Gasteiger partial charge < -0.3 is 26.0 Å². The van der Waals surface area contributed by atoms with E-state index in [4.69, 9.17) is 16.2 Å². The maximum atomic E-state index is 12.7. The Morgan fingerprint density at radius 3 is 2.14 bits per heavy atom. The number of hydrogen-bond donors (Lipinski definition) is 2. The quantitative estimate of drug-likeness (QED) is 0.533. The van der Waals surface area contributed by atoms with E-state index < -0.39 is 29.6 Å². The summed E-state index contributed by atoms with van der Waals surface area (Å²) in [6.07, 6.45) is -4.43. The second kappa shape index (κ2) is 9.82. The first-order valence-electron chi connectivity index (χ1n) is 10.9. The number of likely N-dealkylation sites (N-methyl/N-ethyl adjacent to an activating group) is 1. The number of hydrogen-bond acceptors (Lipinski definition) is 7. The first-order chi connectivity index (χ1) is 17.0. The maximum Gasteiger partial charge on any atom is 0.416 e. The highest BCUT2D eigenvalue weighted by Crippen LogP contribution is 2.32. The number of ether oxygens (including phenoxy) is 1. The van der Waals surface area contributed by atoms with Crippen molar-refractivity contribution in [3.05, 3.63) is 65.9 Å². The third-order valence-electron chi connectivity index (χ3n) is 5.70. The monoisotopic (exact) mass is 500 g/mol. The fraction of sp³-hybridized carbons (Fsp3) is 0.250. The van der Waals surface area contributed by atoms with Crippen LogP contribution < -0.4 is 21.1 Å². The maximum absolute atomic E-state index is 12.7. The van der Waals surface area contributed by atoms with Crippen LogP contribution in [0.3, 0.4) is 0 Å². The molecule has 1 aliphatic rings. The fourth-order valence-electron chi connectivity index (χ4n) is 3.79. The molecule has 0 radical (unpaired) electrons. The molecule has 1 unspecified atom stereocenters. The smallest absolute Gasteiger partial charge is 0.416 e. The molecule has 1 saturated heterocycles. The van der Waals surface area contributed by atoms with Gasteiger partial charge in [-0.15, -0.1) is 0 Å². The predicted octanol–water partition coefficient (Wildman–Crippen LogP) is 2.66. The van der Waals surface area contributed by atoms with Crippen molar-refractivity contribution in [3.63, 3.8) is 0 Å². The predicted molar refractivity (Wildman–Crippen MR) is 125 cm³/mol. The highest BCUT2D eigenvalue weighted by molar-refractivity contribution is 5.92. The minimum Gasteiger partial charge on any atom is -0.457 e. The van der Waals surface area contributed by atoms with Crippen LogP contribution in [0.2, 0.25) is 0 Å². The minimum atomic E-state index is -4.43. The number of aromatic nitrogens is 2. The van der Waals surface area contributed by atoms with Crippen molar-refractivity contribution in [1.82, 2.24) is 14.9 Å². The van der Waals surface area contributed by atoms with E-state index in [1.165, 1.54) is 18.2 Å². The Labute approximate surface area is 204 Å². The van der Waals surface area contributed by atoms with Crippen LogP contribution >= 0.6 is 0 Å². The Morgan fingerprint density at radius 2 is 1.58 bits per heavy atom. The van der Waals surface area contributed by atoms with Gasteiger partial charge in [0.15, 0.2) is 5.82 Å². The van der Waals surface area contributed by atoms with Crippen molar-refractivity contribution in [1.29, 1.82) is 0 Å². The zero-order valence-electron chi connectivity index (χ0n) is 19.2. The summed E-state index contributed by atoms with van der Waals surface area (Å²) in [4.78, 5) is 36.5. The molecule has 2 heterocycles. The summed E-state index contributed by atoms with van der Waals surface area (Å²) < 4.78 is 43.9. The molecule has 1 fully saturated rings. The van der Waals surface area contributed by atoms with Gasteiger partial charge in [-0.05, 0) is 55.6 Å². The van der Waals surface area contributed by atoms with E-state index in [9.17, 15) is 22.8 Å². The first kappa shape index (κ1) is 24.9. The lowest BCUT2D eigenvalue weighted by atomic mass is 10.1. The summed E-state index contributed by atoms with van der Waals surface area (Å²) in [6.45, 7) is 1.51. The third-order valence-corrected chi connectivity index (χ3v) is 5.70.